The molecule has 0 fully saturated rings. The predicted molar refractivity (Wildman–Crippen MR) is 79.8 cm³/mol. The van der Waals surface area contributed by atoms with Crippen LogP contribution in [0.15, 0.2) is 35.2 Å². The van der Waals surface area contributed by atoms with E-state index in [-0.39, 0.29) is 11.0 Å². The second kappa shape index (κ2) is 7.28. The molecule has 0 saturated heterocycles. The second-order valence-electron chi connectivity index (χ2n) is 3.93. The lowest BCUT2D eigenvalue weighted by Crippen LogP contribution is -2.42. The molecule has 0 bridgehead atoms. The maximum atomic E-state index is 13.0. The molecule has 9 heteroatoms. The predicted octanol–water partition coefficient (Wildman–Crippen LogP) is 2.42. The van der Waals surface area contributed by atoms with Gasteiger partial charge in [0.1, 0.15) is 18.5 Å². The number of amides is 1. The van der Waals surface area contributed by atoms with E-state index in [4.69, 9.17) is 11.6 Å². The third kappa shape index (κ3) is 4.61. The average molecular weight is 375 g/mol. The molecule has 1 atom stereocenters. The average Bonchev–Trinajstić information content (AvgIpc) is 2.49. The van der Waals surface area contributed by atoms with Gasteiger partial charge in [-0.1, -0.05) is 0 Å². The highest BCUT2D eigenvalue weighted by Gasteiger charge is 2.14. The van der Waals surface area contributed by atoms with Gasteiger partial charge in [-0.3, -0.25) is 4.79 Å². The maximum Gasteiger partial charge on any atom is 0.271 e. The summed E-state index contributed by atoms with van der Waals surface area (Å²) in [6.07, 6.45) is 3.34. The molecule has 0 aliphatic carbocycles. The van der Waals surface area contributed by atoms with Crippen molar-refractivity contribution in [2.24, 2.45) is 0 Å². The Balaban J connectivity index is 1.99. The Morgan fingerprint density at radius 3 is 2.57 bits per heavy atom. The van der Waals surface area contributed by atoms with E-state index < -0.39 is 18.7 Å². The first kappa shape index (κ1) is 15.6. The SMILES string of the molecule is O=C(NC(CF)Nc1cnc(Cl)nc1)c1ccc(Br)cn1. The number of nitrogens with one attached hydrogen (secondary N) is 2. The number of hydrogen-bond donors (Lipinski definition) is 2. The number of pyridine rings is 1. The highest BCUT2D eigenvalue weighted by Crippen LogP contribution is 2.09. The third-order valence-electron chi connectivity index (χ3n) is 2.38. The summed E-state index contributed by atoms with van der Waals surface area (Å²) < 4.78 is 13.7. The monoisotopic (exact) mass is 373 g/mol. The van der Waals surface area contributed by atoms with Crippen LogP contribution in [0, 0.1) is 0 Å². The molecule has 6 nitrogen and oxygen atoms in total. The van der Waals surface area contributed by atoms with Gasteiger partial charge in [-0.25, -0.2) is 19.3 Å². The maximum absolute atomic E-state index is 13.0. The van der Waals surface area contributed by atoms with Crippen LogP contribution >= 0.6 is 27.5 Å². The highest BCUT2D eigenvalue weighted by molar-refractivity contribution is 9.10. The quantitative estimate of drug-likeness (QED) is 0.621. The first-order valence-corrected chi connectivity index (χ1v) is 6.98. The molecule has 0 radical (unpaired) electrons. The van der Waals surface area contributed by atoms with E-state index in [1.165, 1.54) is 24.7 Å². The summed E-state index contributed by atoms with van der Waals surface area (Å²) in [4.78, 5) is 23.4. The first-order valence-electron chi connectivity index (χ1n) is 5.81. The van der Waals surface area contributed by atoms with Gasteiger partial charge in [-0.2, -0.15) is 0 Å². The van der Waals surface area contributed by atoms with Crippen molar-refractivity contribution in [3.8, 4) is 0 Å². The van der Waals surface area contributed by atoms with Gasteiger partial charge in [0, 0.05) is 10.7 Å². The molecule has 21 heavy (non-hydrogen) atoms. The number of carbonyl (C=O) groups is 1. The molecular weight excluding hydrogens is 365 g/mol. The minimum atomic E-state index is -0.923. The molecule has 1 unspecified atom stereocenters. The van der Waals surface area contributed by atoms with Crippen molar-refractivity contribution in [3.05, 3.63) is 46.2 Å². The lowest BCUT2D eigenvalue weighted by Gasteiger charge is -2.17. The van der Waals surface area contributed by atoms with Gasteiger partial charge in [0.2, 0.25) is 5.28 Å². The van der Waals surface area contributed by atoms with Gasteiger partial charge in [0.15, 0.2) is 0 Å². The number of hydrogen-bond acceptors (Lipinski definition) is 5. The van der Waals surface area contributed by atoms with E-state index in [2.05, 4.69) is 41.5 Å². The van der Waals surface area contributed by atoms with Crippen molar-refractivity contribution in [2.75, 3.05) is 12.0 Å². The van der Waals surface area contributed by atoms with Gasteiger partial charge >= 0.3 is 0 Å². The second-order valence-corrected chi connectivity index (χ2v) is 5.18. The lowest BCUT2D eigenvalue weighted by molar-refractivity contribution is 0.0930. The summed E-state index contributed by atoms with van der Waals surface area (Å²) in [5, 5.41) is 5.30. The molecule has 0 aliphatic rings. The fraction of sp³-hybridized carbons (Fsp3) is 0.167. The molecule has 0 spiro atoms. The molecule has 2 aromatic heterocycles. The third-order valence-corrected chi connectivity index (χ3v) is 3.05. The molecule has 0 aromatic carbocycles. The van der Waals surface area contributed by atoms with Crippen molar-refractivity contribution in [1.29, 1.82) is 0 Å². The van der Waals surface area contributed by atoms with Gasteiger partial charge in [-0.15, -0.1) is 0 Å². The van der Waals surface area contributed by atoms with Crippen LogP contribution in [0.4, 0.5) is 10.1 Å². The van der Waals surface area contributed by atoms with E-state index in [1.807, 2.05) is 0 Å². The van der Waals surface area contributed by atoms with Crippen molar-refractivity contribution in [2.45, 2.75) is 6.17 Å². The summed E-state index contributed by atoms with van der Waals surface area (Å²) in [5.41, 5.74) is 0.622. The zero-order valence-electron chi connectivity index (χ0n) is 10.6. The number of rotatable bonds is 5. The van der Waals surface area contributed by atoms with E-state index in [1.54, 1.807) is 6.07 Å². The number of halogens is 3. The van der Waals surface area contributed by atoms with Crippen molar-refractivity contribution >= 4 is 39.1 Å². The Morgan fingerprint density at radius 1 is 1.29 bits per heavy atom. The van der Waals surface area contributed by atoms with Crippen LogP contribution in [-0.2, 0) is 0 Å². The number of nitrogens with zero attached hydrogens (tertiary/aromatic N) is 3. The molecule has 2 heterocycles. The molecule has 110 valence electrons. The standard InChI is InChI=1S/C12H10BrClFN5O/c13-7-1-2-9(16-4-7)11(21)20-10(3-15)19-8-5-17-12(14)18-6-8/h1-2,4-6,10,19H,3H2,(H,20,21). The number of anilines is 1. The number of aromatic nitrogens is 3. The highest BCUT2D eigenvalue weighted by atomic mass is 79.9. The largest absolute Gasteiger partial charge is 0.361 e. The van der Waals surface area contributed by atoms with E-state index in [9.17, 15) is 9.18 Å². The van der Waals surface area contributed by atoms with Crippen LogP contribution in [-0.4, -0.2) is 33.7 Å². The van der Waals surface area contributed by atoms with E-state index >= 15 is 0 Å². The van der Waals surface area contributed by atoms with Crippen LogP contribution in [0.2, 0.25) is 5.28 Å². The molecule has 1 amide bonds. The molecule has 2 N–H and O–H groups in total. The Hall–Kier alpha value is -1.80. The van der Waals surface area contributed by atoms with E-state index in [0.29, 0.717) is 5.69 Å². The van der Waals surface area contributed by atoms with Crippen LogP contribution in [0.25, 0.3) is 0 Å². The summed E-state index contributed by atoms with van der Waals surface area (Å²) in [6.45, 7) is -0.815. The zero-order chi connectivity index (χ0) is 15.2. The minimum absolute atomic E-state index is 0.0837. The van der Waals surface area contributed by atoms with Crippen molar-refractivity contribution in [3.63, 3.8) is 0 Å². The Morgan fingerprint density at radius 2 is 2.00 bits per heavy atom. The van der Waals surface area contributed by atoms with Gasteiger partial charge in [0.05, 0.1) is 18.1 Å². The number of alkyl halides is 1. The van der Waals surface area contributed by atoms with Crippen molar-refractivity contribution < 1.29 is 9.18 Å². The normalized spacial score (nSPS) is 11.8. The Kier molecular flexibility index (Phi) is 5.40. The molecule has 2 rings (SSSR count). The summed E-state index contributed by atoms with van der Waals surface area (Å²) in [6, 6.07) is 3.20. The fourth-order valence-corrected chi connectivity index (χ4v) is 1.78. The van der Waals surface area contributed by atoms with Gasteiger partial charge in [-0.05, 0) is 39.7 Å². The molecule has 0 aliphatic heterocycles. The van der Waals surface area contributed by atoms with Crippen LogP contribution in [0.3, 0.4) is 0 Å². The fourth-order valence-electron chi connectivity index (χ4n) is 1.44. The van der Waals surface area contributed by atoms with E-state index in [0.717, 1.165) is 4.47 Å². The first-order chi connectivity index (χ1) is 10.1. The van der Waals surface area contributed by atoms with Crippen LogP contribution in [0.5, 0.6) is 0 Å². The Bertz CT molecular complexity index is 610. The summed E-state index contributed by atoms with van der Waals surface area (Å²) in [7, 11) is 0. The Labute approximate surface area is 133 Å². The van der Waals surface area contributed by atoms with Crippen LogP contribution < -0.4 is 10.6 Å². The summed E-state index contributed by atoms with van der Waals surface area (Å²) >= 11 is 8.77. The van der Waals surface area contributed by atoms with Crippen molar-refractivity contribution in [1.82, 2.24) is 20.3 Å². The smallest absolute Gasteiger partial charge is 0.271 e. The number of carbonyl (C=O) groups excluding carboxylic acids is 1. The van der Waals surface area contributed by atoms with Gasteiger partial charge in [0.25, 0.3) is 5.91 Å². The minimum Gasteiger partial charge on any atom is -0.361 e. The van der Waals surface area contributed by atoms with Crippen LogP contribution in [0.1, 0.15) is 10.5 Å². The molecule has 0 saturated carbocycles. The topological polar surface area (TPSA) is 79.8 Å². The zero-order valence-corrected chi connectivity index (χ0v) is 12.9. The summed E-state index contributed by atoms with van der Waals surface area (Å²) in [5.74, 6) is -0.493. The van der Waals surface area contributed by atoms with Gasteiger partial charge < -0.3 is 10.6 Å². The molecular formula is C12H10BrClFN5O. The molecule has 2 aromatic rings. The lowest BCUT2D eigenvalue weighted by atomic mass is 10.3.